The van der Waals surface area contributed by atoms with Crippen LogP contribution in [0.4, 0.5) is 0 Å². The molecule has 0 unspecified atom stereocenters. The van der Waals surface area contributed by atoms with E-state index in [-0.39, 0.29) is 42.1 Å². The second-order valence-corrected chi connectivity index (χ2v) is 3.92. The molecule has 0 heterocycles. The Kier molecular flexibility index (Phi) is 20.0. The summed E-state index contributed by atoms with van der Waals surface area (Å²) in [4.78, 5) is 0. The third kappa shape index (κ3) is 9.77. The molecule has 0 aliphatic heterocycles. The standard InChI is InChI=1S/2CH3.Bi.Li/h2*1H3;;. The number of hydrogen-bond donors (Lipinski definition) is 0. The first kappa shape index (κ1) is 9.08. The van der Waals surface area contributed by atoms with Gasteiger partial charge in [0.25, 0.3) is 0 Å². The zero-order chi connectivity index (χ0) is 2.71. The summed E-state index contributed by atoms with van der Waals surface area (Å²) in [7, 11) is 0. The minimum absolute atomic E-state index is 0. The zero-order valence-electron chi connectivity index (χ0n) is 3.45. The van der Waals surface area contributed by atoms with Crippen molar-refractivity contribution in [2.24, 2.45) is 0 Å². The molecule has 0 aliphatic rings. The maximum absolute atomic E-state index is 2.31. The van der Waals surface area contributed by atoms with Crippen LogP contribution < -0.4 is 0 Å². The summed E-state index contributed by atoms with van der Waals surface area (Å²) in [5, 5.41) is 0. The van der Waals surface area contributed by atoms with Gasteiger partial charge in [-0.3, -0.25) is 0 Å². The van der Waals surface area contributed by atoms with E-state index in [0.29, 0.717) is 0 Å². The summed E-state index contributed by atoms with van der Waals surface area (Å²) in [5.41, 5.74) is 0. The zero-order valence-corrected chi connectivity index (χ0v) is 6.92. The van der Waals surface area contributed by atoms with E-state index in [4.69, 9.17) is 0 Å². The van der Waals surface area contributed by atoms with Gasteiger partial charge < -0.3 is 0 Å². The first-order chi connectivity index (χ1) is 1.41. The molecule has 2 radical (unpaired) electrons. The fourth-order valence-corrected chi connectivity index (χ4v) is 0. The third-order valence-electron chi connectivity index (χ3n) is 0. The van der Waals surface area contributed by atoms with Gasteiger partial charge in [-0.2, -0.15) is 0 Å². The quantitative estimate of drug-likeness (QED) is 0.543. The first-order valence-corrected chi connectivity index (χ1v) is 7.85. The maximum Gasteiger partial charge on any atom is 0 e. The molecule has 0 aromatic carbocycles. The monoisotopic (exact) mass is 246 g/mol. The summed E-state index contributed by atoms with van der Waals surface area (Å²) < 4.78 is 4.61. The van der Waals surface area contributed by atoms with Crippen LogP contribution in [0.2, 0.25) is 9.26 Å². The van der Waals surface area contributed by atoms with Crippen LogP contribution in [0.3, 0.4) is 0 Å². The second kappa shape index (κ2) is 8.82. The van der Waals surface area contributed by atoms with Gasteiger partial charge in [0.1, 0.15) is 0 Å². The van der Waals surface area contributed by atoms with Crippen molar-refractivity contribution in [3.63, 3.8) is 0 Å². The normalized spacial score (nSPS) is 4.50. The van der Waals surface area contributed by atoms with Crippen LogP contribution in [0, 0.1) is 0 Å². The Morgan fingerprint density at radius 2 is 1.25 bits per heavy atom. The minimum atomic E-state index is 0. The predicted octanol–water partition coefficient (Wildman–Crippen LogP) is 0.406. The van der Waals surface area contributed by atoms with Crippen LogP contribution in [-0.2, 0) is 0 Å². The largest absolute Gasteiger partial charge is 0 e. The minimum Gasteiger partial charge on any atom is 0 e. The van der Waals surface area contributed by atoms with E-state index >= 15 is 0 Å². The molecule has 0 bridgehead atoms. The van der Waals surface area contributed by atoms with Gasteiger partial charge in [-0.05, 0) is 0 Å². The van der Waals surface area contributed by atoms with Crippen LogP contribution in [-0.4, -0.2) is 42.1 Å². The van der Waals surface area contributed by atoms with Gasteiger partial charge in [-0.1, -0.05) is 0 Å². The van der Waals surface area contributed by atoms with Gasteiger partial charge >= 0.3 is 32.5 Å². The van der Waals surface area contributed by atoms with Crippen molar-refractivity contribution >= 4 is 42.1 Å². The van der Waals surface area contributed by atoms with Gasteiger partial charge in [0.15, 0.2) is 0 Å². The van der Waals surface area contributed by atoms with Gasteiger partial charge in [0.2, 0.25) is 0 Å². The van der Waals surface area contributed by atoms with Crippen molar-refractivity contribution in [3.05, 3.63) is 0 Å². The fourth-order valence-electron chi connectivity index (χ4n) is 0. The Morgan fingerprint density at radius 3 is 1.25 bits per heavy atom. The van der Waals surface area contributed by atoms with Crippen molar-refractivity contribution < 1.29 is 0 Å². The van der Waals surface area contributed by atoms with Gasteiger partial charge in [0.05, 0.1) is 0 Å². The molecule has 0 spiro atoms. The van der Waals surface area contributed by atoms with E-state index in [0.717, 1.165) is 0 Å². The molecule has 0 saturated heterocycles. The summed E-state index contributed by atoms with van der Waals surface area (Å²) >= 11 is 0.167. The molecule has 4 heavy (non-hydrogen) atoms. The van der Waals surface area contributed by atoms with E-state index in [9.17, 15) is 0 Å². The van der Waals surface area contributed by atoms with Crippen molar-refractivity contribution in [2.45, 2.75) is 9.26 Å². The summed E-state index contributed by atoms with van der Waals surface area (Å²) in [5.74, 6) is 0. The Labute approximate surface area is 51.1 Å². The van der Waals surface area contributed by atoms with E-state index in [1.807, 2.05) is 0 Å². The molecule has 2 heteroatoms. The molecule has 0 nitrogen and oxygen atoms in total. The first-order valence-electron chi connectivity index (χ1n) is 0.894. The van der Waals surface area contributed by atoms with Gasteiger partial charge in [0, 0.05) is 18.9 Å². The van der Waals surface area contributed by atoms with Crippen LogP contribution >= 0.6 is 0 Å². The second-order valence-electron chi connectivity index (χ2n) is 0.447. The van der Waals surface area contributed by atoms with E-state index < -0.39 is 0 Å². The molecule has 0 atom stereocenters. The van der Waals surface area contributed by atoms with Crippen molar-refractivity contribution in [1.29, 1.82) is 0 Å². The van der Waals surface area contributed by atoms with E-state index in [1.165, 1.54) is 0 Å². The molecule has 0 aromatic heterocycles. The topological polar surface area (TPSA) is 0 Å². The van der Waals surface area contributed by atoms with E-state index in [2.05, 4.69) is 9.26 Å². The molecular formula is C2H6BiLi. The fraction of sp³-hybridized carbons (Fsp3) is 1.00. The molecular weight excluding hydrogens is 240 g/mol. The Bertz CT molecular complexity index is 6.00. The summed E-state index contributed by atoms with van der Waals surface area (Å²) in [6.45, 7) is 0. The molecule has 0 rings (SSSR count). The molecule has 0 aromatic rings. The summed E-state index contributed by atoms with van der Waals surface area (Å²) in [6.07, 6.45) is 0. The maximum atomic E-state index is 2.31. The van der Waals surface area contributed by atoms with Crippen LogP contribution in [0.15, 0.2) is 0 Å². The molecule has 20 valence electrons. The average Bonchev–Trinajstić information content (AvgIpc) is 0.918. The van der Waals surface area contributed by atoms with Crippen LogP contribution in [0.5, 0.6) is 0 Å². The van der Waals surface area contributed by atoms with Gasteiger partial charge in [-0.15, -0.1) is 0 Å². The Morgan fingerprint density at radius 1 is 1.25 bits per heavy atom. The summed E-state index contributed by atoms with van der Waals surface area (Å²) in [6, 6.07) is 0. The van der Waals surface area contributed by atoms with Crippen molar-refractivity contribution in [1.82, 2.24) is 0 Å². The smallest absolute Gasteiger partial charge is 0 e. The molecule has 0 aliphatic carbocycles. The van der Waals surface area contributed by atoms with Crippen LogP contribution in [0.1, 0.15) is 0 Å². The average molecular weight is 246 g/mol. The van der Waals surface area contributed by atoms with Crippen molar-refractivity contribution in [2.75, 3.05) is 0 Å². The predicted molar refractivity (Wildman–Crippen MR) is 23.2 cm³/mol. The Hall–Kier alpha value is 1.48. The third-order valence-corrected chi connectivity index (χ3v) is 0. The number of rotatable bonds is 0. The van der Waals surface area contributed by atoms with Crippen molar-refractivity contribution in [3.8, 4) is 0 Å². The molecule has 0 saturated carbocycles. The van der Waals surface area contributed by atoms with Crippen LogP contribution in [0.25, 0.3) is 0 Å². The number of hydrogen-bond acceptors (Lipinski definition) is 0. The molecule has 0 amide bonds. The van der Waals surface area contributed by atoms with E-state index in [1.54, 1.807) is 0 Å². The van der Waals surface area contributed by atoms with Gasteiger partial charge in [-0.25, -0.2) is 0 Å². The Balaban J connectivity index is 0. The molecule has 0 N–H and O–H groups in total. The molecule has 0 fully saturated rings. The SMILES string of the molecule is [CH3][Bi][CH3].[Li].